The first-order chi connectivity index (χ1) is 8.75. The van der Waals surface area contributed by atoms with E-state index in [-0.39, 0.29) is 0 Å². The van der Waals surface area contributed by atoms with Gasteiger partial charge in [-0.25, -0.2) is 0 Å². The maximum atomic E-state index is 3.68. The van der Waals surface area contributed by atoms with Crippen molar-refractivity contribution in [3.8, 4) is 0 Å². The smallest absolute Gasteiger partial charge is 0.0213 e. The molecule has 0 fully saturated rings. The molecule has 2 atom stereocenters. The predicted octanol–water partition coefficient (Wildman–Crippen LogP) is 5.09. The van der Waals surface area contributed by atoms with E-state index in [2.05, 4.69) is 80.5 Å². The summed E-state index contributed by atoms with van der Waals surface area (Å²) in [6, 6.07) is 0. The molecule has 0 aromatic heterocycles. The average molecular weight is 362 g/mol. The van der Waals surface area contributed by atoms with Gasteiger partial charge >= 0.3 is 0 Å². The van der Waals surface area contributed by atoms with Crippen LogP contribution in [0.2, 0.25) is 0 Å². The van der Waals surface area contributed by atoms with Gasteiger partial charge in [0.05, 0.1) is 0 Å². The van der Waals surface area contributed by atoms with Crippen molar-refractivity contribution in [2.75, 3.05) is 0 Å². The third kappa shape index (κ3) is 1.36. The van der Waals surface area contributed by atoms with Gasteiger partial charge in [0.1, 0.15) is 0 Å². The molecule has 0 aromatic rings. The van der Waals surface area contributed by atoms with Crippen LogP contribution in [0.25, 0.3) is 0 Å². The van der Waals surface area contributed by atoms with Crippen LogP contribution in [0, 0.1) is 11.8 Å². The highest BCUT2D eigenvalue weighted by Gasteiger charge is 2.39. The van der Waals surface area contributed by atoms with Crippen LogP contribution in [-0.2, 0) is 0 Å². The second-order valence-electron chi connectivity index (χ2n) is 4.90. The molecule has 2 unspecified atom stereocenters. The van der Waals surface area contributed by atoms with E-state index in [1.807, 2.05) is 0 Å². The second kappa shape index (κ2) is 3.82. The Morgan fingerprint density at radius 2 is 1.44 bits per heavy atom. The Morgan fingerprint density at radius 1 is 0.722 bits per heavy atom. The summed E-state index contributed by atoms with van der Waals surface area (Å²) in [5.41, 5.74) is 5.64. The van der Waals surface area contributed by atoms with Gasteiger partial charge in [0.15, 0.2) is 0 Å². The highest BCUT2D eigenvalue weighted by Crippen LogP contribution is 2.52. The summed E-state index contributed by atoms with van der Waals surface area (Å²) in [7, 11) is 0. The number of rotatable bonds is 0. The molecule has 0 aromatic carbocycles. The van der Waals surface area contributed by atoms with Gasteiger partial charge in [0.25, 0.3) is 0 Å². The zero-order chi connectivity index (χ0) is 12.3. The molecule has 88 valence electrons. The van der Waals surface area contributed by atoms with Crippen molar-refractivity contribution in [3.05, 3.63) is 79.9 Å². The number of hydrogen-bond donors (Lipinski definition) is 0. The summed E-state index contributed by atoms with van der Waals surface area (Å²) in [6.45, 7) is 0. The van der Waals surface area contributed by atoms with Crippen LogP contribution in [-0.4, -0.2) is 0 Å². The van der Waals surface area contributed by atoms with Crippen LogP contribution < -0.4 is 0 Å². The predicted molar refractivity (Wildman–Crippen MR) is 82.5 cm³/mol. The van der Waals surface area contributed by atoms with Crippen molar-refractivity contribution in [2.45, 2.75) is 0 Å². The second-order valence-corrected chi connectivity index (χ2v) is 6.60. The first kappa shape index (κ1) is 11.0. The fourth-order valence-corrected chi connectivity index (χ4v) is 4.22. The quantitative estimate of drug-likeness (QED) is 0.563. The zero-order valence-electron chi connectivity index (χ0n) is 9.53. The minimum atomic E-state index is 0.474. The molecule has 0 bridgehead atoms. The van der Waals surface area contributed by atoms with Crippen LogP contribution >= 0.6 is 31.9 Å². The minimum absolute atomic E-state index is 0.474. The molecule has 0 heterocycles. The van der Waals surface area contributed by atoms with Crippen LogP contribution in [0.4, 0.5) is 0 Å². The van der Waals surface area contributed by atoms with Gasteiger partial charge in [0.2, 0.25) is 0 Å². The molecule has 0 radical (unpaired) electrons. The normalized spacial score (nSPS) is 31.4. The fourth-order valence-electron chi connectivity index (χ4n) is 3.20. The topological polar surface area (TPSA) is 0 Å². The zero-order valence-corrected chi connectivity index (χ0v) is 12.7. The first-order valence-electron chi connectivity index (χ1n) is 6.01. The van der Waals surface area contributed by atoms with Gasteiger partial charge in [-0.05, 0) is 34.4 Å². The van der Waals surface area contributed by atoms with E-state index < -0.39 is 0 Å². The van der Waals surface area contributed by atoms with Crippen LogP contribution in [0.15, 0.2) is 79.9 Å². The van der Waals surface area contributed by atoms with E-state index in [0.29, 0.717) is 11.8 Å². The van der Waals surface area contributed by atoms with Gasteiger partial charge in [-0.1, -0.05) is 68.3 Å². The molecule has 4 aliphatic rings. The molecule has 4 rings (SSSR count). The lowest BCUT2D eigenvalue weighted by Gasteiger charge is -2.40. The molecule has 0 nitrogen and oxygen atoms in total. The Balaban J connectivity index is 2.03. The lowest BCUT2D eigenvalue weighted by Crippen LogP contribution is -2.29. The standard InChI is InChI=1S/C16H10Br2/c17-13-8-4-10-2-6-12-14(18)7-3-9-1-5-11(13)16(10)15(9)12/h1-8,15-16H. The Morgan fingerprint density at radius 3 is 2.33 bits per heavy atom. The Bertz CT molecular complexity index is 663. The SMILES string of the molecule is BrC1=CC=C2C=CC3=C(Br)C=CC4=CC=C1C2C43. The Hall–Kier alpha value is -0.860. The van der Waals surface area contributed by atoms with Gasteiger partial charge in [0, 0.05) is 20.8 Å². The molecule has 4 aliphatic carbocycles. The molecule has 0 aliphatic heterocycles. The Kier molecular flexibility index (Phi) is 2.33. The highest BCUT2D eigenvalue weighted by atomic mass is 79.9. The van der Waals surface area contributed by atoms with Crippen molar-refractivity contribution >= 4 is 31.9 Å². The van der Waals surface area contributed by atoms with Crippen LogP contribution in [0.5, 0.6) is 0 Å². The van der Waals surface area contributed by atoms with E-state index in [9.17, 15) is 0 Å². The van der Waals surface area contributed by atoms with E-state index in [1.54, 1.807) is 0 Å². The van der Waals surface area contributed by atoms with Crippen molar-refractivity contribution in [2.24, 2.45) is 11.8 Å². The van der Waals surface area contributed by atoms with E-state index >= 15 is 0 Å². The third-order valence-corrected chi connectivity index (χ3v) is 5.47. The first-order valence-corrected chi connectivity index (χ1v) is 7.59. The molecular weight excluding hydrogens is 352 g/mol. The van der Waals surface area contributed by atoms with E-state index in [0.717, 1.165) is 0 Å². The number of halogens is 2. The average Bonchev–Trinajstić information content (AvgIpc) is 2.40. The van der Waals surface area contributed by atoms with Crippen molar-refractivity contribution in [1.29, 1.82) is 0 Å². The maximum Gasteiger partial charge on any atom is 0.0213 e. The fraction of sp³-hybridized carbons (Fsp3) is 0.125. The molecule has 0 spiro atoms. The summed E-state index contributed by atoms with van der Waals surface area (Å²) >= 11 is 7.36. The van der Waals surface area contributed by atoms with E-state index in [4.69, 9.17) is 0 Å². The van der Waals surface area contributed by atoms with Crippen LogP contribution in [0.1, 0.15) is 0 Å². The van der Waals surface area contributed by atoms with Crippen molar-refractivity contribution in [1.82, 2.24) is 0 Å². The largest absolute Gasteiger partial charge is 0.0581 e. The maximum absolute atomic E-state index is 3.68. The Labute approximate surface area is 123 Å². The molecular formula is C16H10Br2. The van der Waals surface area contributed by atoms with Crippen LogP contribution in [0.3, 0.4) is 0 Å². The highest BCUT2D eigenvalue weighted by molar-refractivity contribution is 9.12. The summed E-state index contributed by atoms with van der Waals surface area (Å²) in [5.74, 6) is 0.948. The molecule has 0 N–H and O–H groups in total. The van der Waals surface area contributed by atoms with Gasteiger partial charge < -0.3 is 0 Å². The van der Waals surface area contributed by atoms with Gasteiger partial charge in [-0.2, -0.15) is 0 Å². The number of hydrogen-bond acceptors (Lipinski definition) is 0. The molecule has 0 amide bonds. The van der Waals surface area contributed by atoms with Gasteiger partial charge in [-0.15, -0.1) is 0 Å². The third-order valence-electron chi connectivity index (χ3n) is 4.03. The van der Waals surface area contributed by atoms with Crippen molar-refractivity contribution in [3.63, 3.8) is 0 Å². The van der Waals surface area contributed by atoms with E-state index in [1.165, 1.54) is 31.3 Å². The molecule has 18 heavy (non-hydrogen) atoms. The molecule has 0 saturated heterocycles. The summed E-state index contributed by atoms with van der Waals surface area (Å²) < 4.78 is 2.43. The van der Waals surface area contributed by atoms with Gasteiger partial charge in [-0.3, -0.25) is 0 Å². The summed E-state index contributed by atoms with van der Waals surface area (Å²) in [4.78, 5) is 0. The van der Waals surface area contributed by atoms with Crippen molar-refractivity contribution < 1.29 is 0 Å². The summed E-state index contributed by atoms with van der Waals surface area (Å²) in [5, 5.41) is 0. The summed E-state index contributed by atoms with van der Waals surface area (Å²) in [6.07, 6.45) is 17.8. The monoisotopic (exact) mass is 360 g/mol. The molecule has 0 saturated carbocycles. The molecule has 2 heteroatoms. The minimum Gasteiger partial charge on any atom is -0.0581 e. The lowest BCUT2D eigenvalue weighted by molar-refractivity contribution is 0.562. The number of allylic oxidation sites excluding steroid dienone is 14. The lowest BCUT2D eigenvalue weighted by atomic mass is 9.64.